The summed E-state index contributed by atoms with van der Waals surface area (Å²) in [7, 11) is 3.86. The maximum Gasteiger partial charge on any atom is 0.265 e. The second kappa shape index (κ2) is 12.6. The summed E-state index contributed by atoms with van der Waals surface area (Å²) < 4.78 is 17.0. The first-order chi connectivity index (χ1) is 20.8. The number of rotatable bonds is 7. The van der Waals surface area contributed by atoms with E-state index in [4.69, 9.17) is 37.4 Å². The van der Waals surface area contributed by atoms with Gasteiger partial charge < -0.3 is 24.0 Å². The number of carbonyl (C=O) groups excluding carboxylic acids is 2. The van der Waals surface area contributed by atoms with E-state index in [9.17, 15) is 9.59 Å². The van der Waals surface area contributed by atoms with Gasteiger partial charge in [0.25, 0.3) is 5.91 Å². The van der Waals surface area contributed by atoms with Gasteiger partial charge in [0.05, 0.1) is 47.2 Å². The second-order valence-corrected chi connectivity index (χ2v) is 11.8. The average molecular weight is 626 g/mol. The van der Waals surface area contributed by atoms with Gasteiger partial charge in [-0.2, -0.15) is 0 Å². The fraction of sp³-hybridized carbons (Fsp3) is 0.375. The Morgan fingerprint density at radius 2 is 1.58 bits per heavy atom. The van der Waals surface area contributed by atoms with Crippen LogP contribution in [0, 0.1) is 0 Å². The van der Waals surface area contributed by atoms with Crippen LogP contribution < -0.4 is 19.3 Å². The lowest BCUT2D eigenvalue weighted by molar-refractivity contribution is -0.133. The van der Waals surface area contributed by atoms with Crippen molar-refractivity contribution in [2.75, 3.05) is 83.0 Å². The van der Waals surface area contributed by atoms with Crippen molar-refractivity contribution in [2.45, 2.75) is 6.04 Å². The number of nitrogens with zero attached hydrogens (tertiary/aromatic N) is 4. The molecular formula is C32H34Cl2N4O5. The molecule has 1 fully saturated rings. The van der Waals surface area contributed by atoms with Gasteiger partial charge >= 0.3 is 0 Å². The van der Waals surface area contributed by atoms with Crippen molar-refractivity contribution in [3.05, 3.63) is 70.2 Å². The number of likely N-dealkylation sites (N-methyl/N-ethyl adjacent to an activating group) is 2. The van der Waals surface area contributed by atoms with E-state index < -0.39 is 0 Å². The third kappa shape index (κ3) is 6.26. The molecule has 6 rings (SSSR count). The lowest BCUT2D eigenvalue weighted by atomic mass is 9.98. The van der Waals surface area contributed by atoms with Gasteiger partial charge in [-0.25, -0.2) is 0 Å². The van der Waals surface area contributed by atoms with Gasteiger partial charge in [0.15, 0.2) is 6.61 Å². The third-order valence-electron chi connectivity index (χ3n) is 8.32. The molecule has 0 aliphatic carbocycles. The molecule has 2 amide bonds. The maximum atomic E-state index is 13.8. The van der Waals surface area contributed by atoms with Crippen LogP contribution in [-0.2, 0) is 14.3 Å². The van der Waals surface area contributed by atoms with Gasteiger partial charge in [0.2, 0.25) is 5.91 Å². The Balaban J connectivity index is 1.25. The molecule has 0 aromatic heterocycles. The van der Waals surface area contributed by atoms with Crippen LogP contribution in [0.4, 0.5) is 11.4 Å². The monoisotopic (exact) mass is 624 g/mol. The van der Waals surface area contributed by atoms with Crippen molar-refractivity contribution in [3.63, 3.8) is 0 Å². The molecule has 0 bridgehead atoms. The van der Waals surface area contributed by atoms with E-state index in [2.05, 4.69) is 59.3 Å². The molecule has 226 valence electrons. The Kier molecular flexibility index (Phi) is 8.68. The van der Waals surface area contributed by atoms with Gasteiger partial charge in [-0.05, 0) is 34.9 Å². The van der Waals surface area contributed by atoms with Crippen LogP contribution in [0.5, 0.6) is 11.5 Å². The SMILES string of the molecule is CN1CCOc2cc(-c3ccc(C(CN4CCOCC4)N(C)C(=O)CN4C(=O)COc5cc(Cl)c(Cl)cc54)cc3)ccc21. The van der Waals surface area contributed by atoms with Crippen molar-refractivity contribution in [2.24, 2.45) is 0 Å². The Hall–Kier alpha value is -3.50. The number of halogens is 2. The van der Waals surface area contributed by atoms with Gasteiger partial charge in [-0.1, -0.05) is 53.5 Å². The maximum absolute atomic E-state index is 13.8. The Labute approximate surface area is 261 Å². The van der Waals surface area contributed by atoms with Crippen molar-refractivity contribution in [1.82, 2.24) is 9.80 Å². The lowest BCUT2D eigenvalue weighted by Crippen LogP contribution is -2.48. The first kappa shape index (κ1) is 29.6. The molecule has 11 heteroatoms. The number of anilines is 2. The zero-order valence-electron chi connectivity index (χ0n) is 24.2. The van der Waals surface area contributed by atoms with Gasteiger partial charge in [0, 0.05) is 39.8 Å². The predicted octanol–water partition coefficient (Wildman–Crippen LogP) is 4.75. The number of amides is 2. The Morgan fingerprint density at radius 1 is 0.884 bits per heavy atom. The third-order valence-corrected chi connectivity index (χ3v) is 9.04. The minimum atomic E-state index is -0.318. The van der Waals surface area contributed by atoms with E-state index in [1.807, 2.05) is 0 Å². The summed E-state index contributed by atoms with van der Waals surface area (Å²) >= 11 is 12.4. The van der Waals surface area contributed by atoms with E-state index in [1.165, 1.54) is 4.90 Å². The number of benzene rings is 3. The van der Waals surface area contributed by atoms with Crippen molar-refractivity contribution in [3.8, 4) is 22.6 Å². The normalized spacial score (nSPS) is 17.4. The van der Waals surface area contributed by atoms with E-state index >= 15 is 0 Å². The molecule has 0 saturated carbocycles. The lowest BCUT2D eigenvalue weighted by Gasteiger charge is -2.37. The summed E-state index contributed by atoms with van der Waals surface area (Å²) in [6.07, 6.45) is 0. The number of morpholine rings is 1. The van der Waals surface area contributed by atoms with Crippen LogP contribution in [0.15, 0.2) is 54.6 Å². The molecule has 1 saturated heterocycles. The van der Waals surface area contributed by atoms with Gasteiger partial charge in [-0.3, -0.25) is 19.4 Å². The summed E-state index contributed by atoms with van der Waals surface area (Å²) in [6, 6.07) is 17.5. The first-order valence-corrected chi connectivity index (χ1v) is 15.1. The quantitative estimate of drug-likeness (QED) is 0.376. The average Bonchev–Trinajstić information content (AvgIpc) is 3.02. The van der Waals surface area contributed by atoms with Crippen LogP contribution in [0.25, 0.3) is 11.1 Å². The molecule has 0 radical (unpaired) electrons. The Bertz CT molecular complexity index is 1510. The molecule has 0 N–H and O–H groups in total. The number of hydrogen-bond acceptors (Lipinski definition) is 7. The van der Waals surface area contributed by atoms with Crippen LogP contribution in [0.1, 0.15) is 11.6 Å². The largest absolute Gasteiger partial charge is 0.490 e. The molecule has 43 heavy (non-hydrogen) atoms. The van der Waals surface area contributed by atoms with Crippen LogP contribution in [-0.4, -0.2) is 94.9 Å². The zero-order chi connectivity index (χ0) is 30.1. The number of carbonyl (C=O) groups is 2. The van der Waals surface area contributed by atoms with E-state index in [0.29, 0.717) is 42.8 Å². The molecule has 1 unspecified atom stereocenters. The topological polar surface area (TPSA) is 74.8 Å². The molecule has 1 atom stereocenters. The second-order valence-electron chi connectivity index (χ2n) is 11.0. The van der Waals surface area contributed by atoms with Crippen LogP contribution in [0.2, 0.25) is 10.0 Å². The molecule has 0 spiro atoms. The molecule has 3 aromatic rings. The highest BCUT2D eigenvalue weighted by Gasteiger charge is 2.32. The summed E-state index contributed by atoms with van der Waals surface area (Å²) in [5.41, 5.74) is 4.65. The van der Waals surface area contributed by atoms with E-state index in [1.54, 1.807) is 24.1 Å². The minimum absolute atomic E-state index is 0.148. The Morgan fingerprint density at radius 3 is 2.35 bits per heavy atom. The number of ether oxygens (including phenoxy) is 3. The van der Waals surface area contributed by atoms with Gasteiger partial charge in [-0.15, -0.1) is 0 Å². The molecule has 3 aromatic carbocycles. The summed E-state index contributed by atoms with van der Waals surface area (Å²) in [6.45, 7) is 4.73. The molecule has 9 nitrogen and oxygen atoms in total. The van der Waals surface area contributed by atoms with Crippen molar-refractivity contribution in [1.29, 1.82) is 0 Å². The molecular weight excluding hydrogens is 591 g/mol. The first-order valence-electron chi connectivity index (χ1n) is 14.3. The highest BCUT2D eigenvalue weighted by atomic mass is 35.5. The highest BCUT2D eigenvalue weighted by Crippen LogP contribution is 2.39. The highest BCUT2D eigenvalue weighted by molar-refractivity contribution is 6.42. The zero-order valence-corrected chi connectivity index (χ0v) is 25.7. The van der Waals surface area contributed by atoms with Gasteiger partial charge in [0.1, 0.15) is 24.7 Å². The van der Waals surface area contributed by atoms with Crippen LogP contribution in [0.3, 0.4) is 0 Å². The summed E-state index contributed by atoms with van der Waals surface area (Å²) in [5, 5.41) is 0.606. The molecule has 3 aliphatic rings. The fourth-order valence-electron chi connectivity index (χ4n) is 5.71. The number of hydrogen-bond donors (Lipinski definition) is 0. The summed E-state index contributed by atoms with van der Waals surface area (Å²) in [4.78, 5) is 34.3. The molecule has 3 heterocycles. The standard InChI is InChI=1S/C32H34Cl2N4O5/c1-35-9-14-42-29-15-23(7-8-26(29)35)21-3-5-22(6-4-21)28(18-37-10-12-41-13-11-37)36(2)31(39)19-38-27-16-24(33)25(34)17-30(27)43-20-32(38)40/h3-8,15-17,28H,9-14,18-20H2,1-2H3. The van der Waals surface area contributed by atoms with Crippen LogP contribution >= 0.6 is 23.2 Å². The smallest absolute Gasteiger partial charge is 0.265 e. The number of fused-ring (bicyclic) bond motifs is 2. The fourth-order valence-corrected chi connectivity index (χ4v) is 6.02. The van der Waals surface area contributed by atoms with Crippen molar-refractivity contribution < 1.29 is 23.8 Å². The van der Waals surface area contributed by atoms with E-state index in [-0.39, 0.29) is 36.0 Å². The van der Waals surface area contributed by atoms with E-state index in [0.717, 1.165) is 47.8 Å². The van der Waals surface area contributed by atoms with Crippen molar-refractivity contribution >= 4 is 46.4 Å². The minimum Gasteiger partial charge on any atom is -0.490 e. The molecule has 3 aliphatic heterocycles. The predicted molar refractivity (Wildman–Crippen MR) is 168 cm³/mol. The summed E-state index contributed by atoms with van der Waals surface area (Å²) in [5.74, 6) is 0.783.